The molecule has 7 aromatic carbocycles. The highest BCUT2D eigenvalue weighted by Crippen LogP contribution is 2.58. The molecule has 0 atom stereocenters. The van der Waals surface area contributed by atoms with Crippen LogP contribution in [0.25, 0.3) is 122 Å². The van der Waals surface area contributed by atoms with E-state index in [4.69, 9.17) is 15.0 Å². The van der Waals surface area contributed by atoms with Crippen molar-refractivity contribution in [1.29, 1.82) is 0 Å². The zero-order valence-electron chi connectivity index (χ0n) is 31.3. The Morgan fingerprint density at radius 3 is 1.40 bits per heavy atom. The minimum Gasteiger partial charge on any atom is -0.255 e. The SMILES string of the molecule is c1ccc(-c2c3c(c(-c4ccccc4)c4ccccc24)-c2ccc(-c4cccc(-c5ccc6ccc7ccc(-c8ccccn8)nc7c6n5)n4)c4cccc-3c24)cc1. The zero-order valence-corrected chi connectivity index (χ0v) is 31.3. The van der Waals surface area contributed by atoms with Gasteiger partial charge in [-0.15, -0.1) is 0 Å². The number of rotatable bonds is 5. The molecule has 0 radical (unpaired) electrons. The van der Waals surface area contributed by atoms with Crippen molar-refractivity contribution in [2.24, 2.45) is 0 Å². The van der Waals surface area contributed by atoms with Crippen LogP contribution in [0.15, 0.2) is 194 Å². The molecule has 4 heteroatoms. The van der Waals surface area contributed by atoms with Crippen LogP contribution in [0.5, 0.6) is 0 Å². The highest BCUT2D eigenvalue weighted by molar-refractivity contribution is 6.28. The Morgan fingerprint density at radius 1 is 0.276 bits per heavy atom. The van der Waals surface area contributed by atoms with Gasteiger partial charge in [-0.05, 0) is 102 Å². The van der Waals surface area contributed by atoms with E-state index in [1.54, 1.807) is 6.20 Å². The van der Waals surface area contributed by atoms with E-state index in [0.29, 0.717) is 0 Å². The average molecular weight is 737 g/mol. The summed E-state index contributed by atoms with van der Waals surface area (Å²) in [4.78, 5) is 20.2. The van der Waals surface area contributed by atoms with E-state index < -0.39 is 0 Å². The lowest BCUT2D eigenvalue weighted by molar-refractivity contribution is 1.26. The van der Waals surface area contributed by atoms with E-state index in [0.717, 1.165) is 55.8 Å². The predicted molar refractivity (Wildman–Crippen MR) is 239 cm³/mol. The first-order valence-corrected chi connectivity index (χ1v) is 19.6. The van der Waals surface area contributed by atoms with E-state index in [1.807, 2.05) is 24.3 Å². The minimum absolute atomic E-state index is 0.803. The van der Waals surface area contributed by atoms with Gasteiger partial charge in [-0.25, -0.2) is 15.0 Å². The summed E-state index contributed by atoms with van der Waals surface area (Å²) < 4.78 is 0. The Labute approximate surface area is 334 Å². The van der Waals surface area contributed by atoms with Crippen LogP contribution in [0.1, 0.15) is 0 Å². The third-order valence-corrected chi connectivity index (χ3v) is 11.7. The molecule has 58 heavy (non-hydrogen) atoms. The minimum atomic E-state index is 0.803. The van der Waals surface area contributed by atoms with Crippen molar-refractivity contribution in [3.63, 3.8) is 0 Å². The van der Waals surface area contributed by atoms with Crippen molar-refractivity contribution in [2.45, 2.75) is 0 Å². The van der Waals surface area contributed by atoms with Gasteiger partial charge in [-0.2, -0.15) is 0 Å². The second-order valence-electron chi connectivity index (χ2n) is 14.9. The van der Waals surface area contributed by atoms with E-state index >= 15 is 0 Å². The summed E-state index contributed by atoms with van der Waals surface area (Å²) in [5.74, 6) is 0. The van der Waals surface area contributed by atoms with Crippen LogP contribution in [0.4, 0.5) is 0 Å². The third kappa shape index (κ3) is 4.95. The molecule has 11 aromatic rings. The molecule has 12 rings (SSSR count). The second kappa shape index (κ2) is 12.9. The summed E-state index contributed by atoms with van der Waals surface area (Å²) in [6.45, 7) is 0. The van der Waals surface area contributed by atoms with Gasteiger partial charge >= 0.3 is 0 Å². The smallest absolute Gasteiger partial charge is 0.0973 e. The van der Waals surface area contributed by atoms with Crippen LogP contribution < -0.4 is 0 Å². The Hall–Kier alpha value is -7.82. The maximum Gasteiger partial charge on any atom is 0.0973 e. The Balaban J connectivity index is 1.05. The molecule has 0 saturated carbocycles. The first-order chi connectivity index (χ1) is 28.8. The molecule has 0 fully saturated rings. The average Bonchev–Trinajstić information content (AvgIpc) is 3.63. The molecule has 0 spiro atoms. The molecular formula is C54H32N4. The number of fused-ring (bicyclic) bond motifs is 7. The summed E-state index contributed by atoms with van der Waals surface area (Å²) in [5.41, 5.74) is 17.0. The van der Waals surface area contributed by atoms with Crippen molar-refractivity contribution in [3.8, 4) is 78.5 Å². The fourth-order valence-electron chi connectivity index (χ4n) is 9.13. The van der Waals surface area contributed by atoms with Crippen molar-refractivity contribution in [3.05, 3.63) is 194 Å². The van der Waals surface area contributed by atoms with Gasteiger partial charge in [-0.1, -0.05) is 152 Å². The van der Waals surface area contributed by atoms with E-state index in [-0.39, 0.29) is 0 Å². The number of pyridine rings is 4. The second-order valence-corrected chi connectivity index (χ2v) is 14.9. The molecule has 0 unspecified atom stereocenters. The molecule has 4 heterocycles. The van der Waals surface area contributed by atoms with Crippen LogP contribution in [0, 0.1) is 0 Å². The maximum absolute atomic E-state index is 5.33. The molecule has 0 N–H and O–H groups in total. The Morgan fingerprint density at radius 2 is 0.759 bits per heavy atom. The van der Waals surface area contributed by atoms with Crippen molar-refractivity contribution in [1.82, 2.24) is 19.9 Å². The first-order valence-electron chi connectivity index (χ1n) is 19.6. The standard InChI is InChI=1S/C54H32N4/c1-3-13-33(14-4-1)48-39-17-7-8-18-40(39)49(34-15-5-2-6-16-34)52-42-29-28-37(38-19-11-20-41(50(38)42)51(48)52)43-22-12-23-45(56-43)47-31-27-36-25-24-35-26-30-46(44-21-9-10-32-55-44)57-53(35)54(36)58-47/h1-32H. The molecule has 0 saturated heterocycles. The van der Waals surface area contributed by atoms with Crippen LogP contribution in [-0.4, -0.2) is 19.9 Å². The van der Waals surface area contributed by atoms with Crippen molar-refractivity contribution < 1.29 is 0 Å². The molecular weight excluding hydrogens is 705 g/mol. The quantitative estimate of drug-likeness (QED) is 0.165. The fraction of sp³-hybridized carbons (Fsp3) is 0. The molecule has 0 aliphatic heterocycles. The van der Waals surface area contributed by atoms with Gasteiger partial charge < -0.3 is 0 Å². The van der Waals surface area contributed by atoms with Gasteiger partial charge in [0.25, 0.3) is 0 Å². The van der Waals surface area contributed by atoms with Crippen molar-refractivity contribution in [2.75, 3.05) is 0 Å². The van der Waals surface area contributed by atoms with E-state index in [2.05, 4.69) is 169 Å². The molecule has 4 aromatic heterocycles. The third-order valence-electron chi connectivity index (χ3n) is 11.7. The van der Waals surface area contributed by atoms with Gasteiger partial charge in [-0.3, -0.25) is 4.98 Å². The van der Waals surface area contributed by atoms with Crippen LogP contribution in [0.3, 0.4) is 0 Å². The highest BCUT2D eigenvalue weighted by atomic mass is 14.8. The Kier molecular flexibility index (Phi) is 7.20. The molecule has 0 amide bonds. The Bertz CT molecular complexity index is 3340. The van der Waals surface area contributed by atoms with Crippen LogP contribution in [0.2, 0.25) is 0 Å². The summed E-state index contributed by atoms with van der Waals surface area (Å²) in [6, 6.07) is 66.7. The topological polar surface area (TPSA) is 51.6 Å². The van der Waals surface area contributed by atoms with Gasteiger partial charge in [0.1, 0.15) is 0 Å². The lowest BCUT2D eigenvalue weighted by Crippen LogP contribution is -1.94. The molecule has 1 aliphatic rings. The van der Waals surface area contributed by atoms with E-state index in [9.17, 15) is 0 Å². The maximum atomic E-state index is 5.33. The monoisotopic (exact) mass is 736 g/mol. The van der Waals surface area contributed by atoms with Gasteiger partial charge in [0.2, 0.25) is 0 Å². The van der Waals surface area contributed by atoms with Crippen LogP contribution >= 0.6 is 0 Å². The predicted octanol–water partition coefficient (Wildman–Crippen LogP) is 13.9. The summed E-state index contributed by atoms with van der Waals surface area (Å²) in [6.07, 6.45) is 1.80. The largest absolute Gasteiger partial charge is 0.255 e. The number of aromatic nitrogens is 4. The van der Waals surface area contributed by atoms with Crippen LogP contribution in [-0.2, 0) is 0 Å². The summed E-state index contributed by atoms with van der Waals surface area (Å²) >= 11 is 0. The molecule has 0 bridgehead atoms. The van der Waals surface area contributed by atoms with E-state index in [1.165, 1.54) is 66.1 Å². The number of hydrogen-bond donors (Lipinski definition) is 0. The number of nitrogens with zero attached hydrogens (tertiary/aromatic N) is 4. The molecule has 268 valence electrons. The molecule has 1 aliphatic carbocycles. The molecule has 4 nitrogen and oxygen atoms in total. The lowest BCUT2D eigenvalue weighted by Gasteiger charge is -2.20. The fourth-order valence-corrected chi connectivity index (χ4v) is 9.13. The number of hydrogen-bond acceptors (Lipinski definition) is 4. The summed E-state index contributed by atoms with van der Waals surface area (Å²) in [5, 5.41) is 7.02. The number of benzene rings is 7. The first kappa shape index (κ1) is 32.4. The lowest BCUT2D eigenvalue weighted by atomic mass is 9.82. The van der Waals surface area contributed by atoms with Gasteiger partial charge in [0, 0.05) is 22.5 Å². The summed E-state index contributed by atoms with van der Waals surface area (Å²) in [7, 11) is 0. The van der Waals surface area contributed by atoms with Gasteiger partial charge in [0.15, 0.2) is 0 Å². The zero-order chi connectivity index (χ0) is 38.2. The highest BCUT2D eigenvalue weighted by Gasteiger charge is 2.31. The van der Waals surface area contributed by atoms with Gasteiger partial charge in [0.05, 0.1) is 39.5 Å². The van der Waals surface area contributed by atoms with Crippen molar-refractivity contribution >= 4 is 43.4 Å². The normalized spacial score (nSPS) is 11.8.